The predicted octanol–water partition coefficient (Wildman–Crippen LogP) is 2.10. The van der Waals surface area contributed by atoms with Crippen LogP contribution in [0.25, 0.3) is 0 Å². The molecule has 10 heavy (non-hydrogen) atoms. The van der Waals surface area contributed by atoms with E-state index in [1.54, 1.807) is 0 Å². The van der Waals surface area contributed by atoms with Crippen molar-refractivity contribution in [3.05, 3.63) is 0 Å². The Kier molecular flexibility index (Phi) is 4.99. The summed E-state index contributed by atoms with van der Waals surface area (Å²) in [5, 5.41) is 7.02. The maximum atomic E-state index is 7.02. The molecule has 0 aliphatic rings. The number of rotatable bonds is 5. The lowest BCUT2D eigenvalue weighted by molar-refractivity contribution is 0.340. The first kappa shape index (κ1) is 9.47. The van der Waals surface area contributed by atoms with Crippen LogP contribution in [0, 0.1) is 5.41 Å². The zero-order valence-electron chi connectivity index (χ0n) is 7.22. The number of nitrogens with zero attached hydrogens (tertiary/aromatic N) is 1. The molecule has 2 nitrogen and oxygen atoms in total. The largest absolute Gasteiger partial charge is 0.363 e. The molecule has 0 spiro atoms. The molecule has 0 aromatic heterocycles. The molecule has 0 saturated carbocycles. The van der Waals surface area contributed by atoms with Crippen molar-refractivity contribution in [1.29, 1.82) is 5.41 Å². The highest BCUT2D eigenvalue weighted by atomic mass is 15.1. The Morgan fingerprint density at radius 1 is 1.50 bits per heavy atom. The van der Waals surface area contributed by atoms with Gasteiger partial charge in [0.2, 0.25) is 0 Å². The minimum atomic E-state index is 0.572. The van der Waals surface area contributed by atoms with Crippen LogP contribution in [-0.4, -0.2) is 24.3 Å². The second-order valence-electron chi connectivity index (χ2n) is 2.65. The minimum absolute atomic E-state index is 0.572. The van der Waals surface area contributed by atoms with Gasteiger partial charge in [-0.2, -0.15) is 0 Å². The lowest BCUT2D eigenvalue weighted by Gasteiger charge is -2.23. The summed E-state index contributed by atoms with van der Waals surface area (Å²) in [6.45, 7) is 4.35. The molecule has 60 valence electrons. The highest BCUT2D eigenvalue weighted by Crippen LogP contribution is 2.06. The molecule has 1 atom stereocenters. The summed E-state index contributed by atoms with van der Waals surface area (Å²) in [4.78, 5) is 1.98. The minimum Gasteiger partial charge on any atom is -0.363 e. The van der Waals surface area contributed by atoms with Gasteiger partial charge in [-0.25, -0.2) is 0 Å². The smallest absolute Gasteiger partial charge is 0.0817 e. The SMILES string of the molecule is CCCC(CC)N(C)C=N. The van der Waals surface area contributed by atoms with E-state index in [0.717, 1.165) is 6.42 Å². The van der Waals surface area contributed by atoms with Crippen molar-refractivity contribution in [2.45, 2.75) is 39.2 Å². The van der Waals surface area contributed by atoms with Crippen LogP contribution in [-0.2, 0) is 0 Å². The fourth-order valence-corrected chi connectivity index (χ4v) is 1.13. The number of nitrogens with one attached hydrogen (secondary N) is 1. The Morgan fingerprint density at radius 2 is 2.10 bits per heavy atom. The average molecular weight is 142 g/mol. The quantitative estimate of drug-likeness (QED) is 0.462. The van der Waals surface area contributed by atoms with E-state index in [1.165, 1.54) is 19.2 Å². The standard InChI is InChI=1S/C8H18N2/c1-4-6-8(5-2)10(3)7-9/h7-9H,4-6H2,1-3H3. The Balaban J connectivity index is 3.67. The molecular weight excluding hydrogens is 124 g/mol. The van der Waals surface area contributed by atoms with Gasteiger partial charge in [0.25, 0.3) is 0 Å². The molecule has 0 aliphatic heterocycles. The van der Waals surface area contributed by atoms with E-state index >= 15 is 0 Å². The molecule has 0 rings (SSSR count). The maximum absolute atomic E-state index is 7.02. The van der Waals surface area contributed by atoms with Crippen molar-refractivity contribution in [2.24, 2.45) is 0 Å². The van der Waals surface area contributed by atoms with E-state index in [4.69, 9.17) is 5.41 Å². The summed E-state index contributed by atoms with van der Waals surface area (Å²) < 4.78 is 0. The third kappa shape index (κ3) is 2.85. The molecule has 0 bridgehead atoms. The Bertz CT molecular complexity index is 91.3. The van der Waals surface area contributed by atoms with Crippen LogP contribution in [0.4, 0.5) is 0 Å². The molecule has 0 saturated heterocycles. The van der Waals surface area contributed by atoms with E-state index in [0.29, 0.717) is 6.04 Å². The van der Waals surface area contributed by atoms with Gasteiger partial charge in [-0.15, -0.1) is 0 Å². The van der Waals surface area contributed by atoms with Crippen LogP contribution in [0.1, 0.15) is 33.1 Å². The zero-order valence-corrected chi connectivity index (χ0v) is 7.22. The lowest BCUT2D eigenvalue weighted by Crippen LogP contribution is -2.29. The summed E-state index contributed by atoms with van der Waals surface area (Å²) in [6, 6.07) is 0.572. The van der Waals surface area contributed by atoms with Crippen molar-refractivity contribution in [3.8, 4) is 0 Å². The monoisotopic (exact) mass is 142 g/mol. The first-order chi connectivity index (χ1) is 4.76. The molecule has 0 amide bonds. The van der Waals surface area contributed by atoms with Crippen LogP contribution in [0.15, 0.2) is 0 Å². The topological polar surface area (TPSA) is 27.1 Å². The first-order valence-electron chi connectivity index (χ1n) is 3.98. The maximum Gasteiger partial charge on any atom is 0.0817 e. The van der Waals surface area contributed by atoms with Crippen molar-refractivity contribution in [1.82, 2.24) is 4.90 Å². The van der Waals surface area contributed by atoms with Crippen LogP contribution < -0.4 is 0 Å². The third-order valence-electron chi connectivity index (χ3n) is 1.87. The molecule has 0 aromatic carbocycles. The summed E-state index contributed by atoms with van der Waals surface area (Å²) in [6.07, 6.45) is 4.95. The van der Waals surface area contributed by atoms with Crippen molar-refractivity contribution in [3.63, 3.8) is 0 Å². The highest BCUT2D eigenvalue weighted by molar-refractivity contribution is 5.50. The Labute approximate surface area is 63.7 Å². The molecule has 2 heteroatoms. The first-order valence-corrected chi connectivity index (χ1v) is 3.98. The van der Waals surface area contributed by atoms with Crippen LogP contribution in [0.5, 0.6) is 0 Å². The lowest BCUT2D eigenvalue weighted by atomic mass is 10.1. The van der Waals surface area contributed by atoms with E-state index in [2.05, 4.69) is 13.8 Å². The summed E-state index contributed by atoms with van der Waals surface area (Å²) in [7, 11) is 1.97. The molecule has 1 N–H and O–H groups in total. The van der Waals surface area contributed by atoms with Crippen molar-refractivity contribution in [2.75, 3.05) is 7.05 Å². The van der Waals surface area contributed by atoms with Crippen LogP contribution in [0.2, 0.25) is 0 Å². The van der Waals surface area contributed by atoms with Gasteiger partial charge >= 0.3 is 0 Å². The number of hydrogen-bond donors (Lipinski definition) is 1. The Hall–Kier alpha value is -0.530. The van der Waals surface area contributed by atoms with E-state index in [-0.39, 0.29) is 0 Å². The summed E-state index contributed by atoms with van der Waals surface area (Å²) in [5.74, 6) is 0. The van der Waals surface area contributed by atoms with E-state index in [1.807, 2.05) is 11.9 Å². The normalized spacial score (nSPS) is 12.7. The second-order valence-corrected chi connectivity index (χ2v) is 2.65. The molecule has 1 unspecified atom stereocenters. The molecule has 0 fully saturated rings. The molecule has 0 aromatic rings. The van der Waals surface area contributed by atoms with Crippen molar-refractivity contribution < 1.29 is 0 Å². The van der Waals surface area contributed by atoms with Gasteiger partial charge in [-0.3, -0.25) is 5.41 Å². The van der Waals surface area contributed by atoms with Gasteiger partial charge in [0.1, 0.15) is 0 Å². The fraction of sp³-hybridized carbons (Fsp3) is 0.875. The van der Waals surface area contributed by atoms with Gasteiger partial charge in [0, 0.05) is 13.1 Å². The predicted molar refractivity (Wildman–Crippen MR) is 45.5 cm³/mol. The Morgan fingerprint density at radius 3 is 2.40 bits per heavy atom. The highest BCUT2D eigenvalue weighted by Gasteiger charge is 2.06. The molecule has 0 heterocycles. The van der Waals surface area contributed by atoms with Gasteiger partial charge in [-0.1, -0.05) is 20.3 Å². The second kappa shape index (κ2) is 5.27. The van der Waals surface area contributed by atoms with E-state index < -0.39 is 0 Å². The third-order valence-corrected chi connectivity index (χ3v) is 1.87. The van der Waals surface area contributed by atoms with Crippen LogP contribution >= 0.6 is 0 Å². The fourth-order valence-electron chi connectivity index (χ4n) is 1.13. The zero-order chi connectivity index (χ0) is 7.98. The van der Waals surface area contributed by atoms with Gasteiger partial charge in [0.05, 0.1) is 6.34 Å². The summed E-state index contributed by atoms with van der Waals surface area (Å²) >= 11 is 0. The van der Waals surface area contributed by atoms with Crippen LogP contribution in [0.3, 0.4) is 0 Å². The molecular formula is C8H18N2. The van der Waals surface area contributed by atoms with Gasteiger partial charge in [-0.05, 0) is 12.8 Å². The average Bonchev–Trinajstić information content (AvgIpc) is 1.99. The van der Waals surface area contributed by atoms with Gasteiger partial charge < -0.3 is 4.90 Å². The summed E-state index contributed by atoms with van der Waals surface area (Å²) in [5.41, 5.74) is 0. The van der Waals surface area contributed by atoms with Crippen molar-refractivity contribution >= 4 is 6.34 Å². The van der Waals surface area contributed by atoms with E-state index in [9.17, 15) is 0 Å². The molecule has 0 radical (unpaired) electrons. The molecule has 0 aliphatic carbocycles. The number of hydrogen-bond acceptors (Lipinski definition) is 1. The van der Waals surface area contributed by atoms with Gasteiger partial charge in [0.15, 0.2) is 0 Å².